The molecule has 1 aromatic heterocycles. The summed E-state index contributed by atoms with van der Waals surface area (Å²) in [5, 5.41) is 5.21. The van der Waals surface area contributed by atoms with Crippen LogP contribution in [-0.2, 0) is 14.4 Å². The lowest BCUT2D eigenvalue weighted by Crippen LogP contribution is -2.21. The summed E-state index contributed by atoms with van der Waals surface area (Å²) in [6, 6.07) is 0. The normalized spacial score (nSPS) is 14.6. The molecule has 1 saturated carbocycles. The first-order valence-corrected chi connectivity index (χ1v) is 5.00. The van der Waals surface area contributed by atoms with Gasteiger partial charge in [0.2, 0.25) is 11.6 Å². The highest BCUT2D eigenvalue weighted by molar-refractivity contribution is 6.45. The Morgan fingerprint density at radius 1 is 1.17 bits per heavy atom. The van der Waals surface area contributed by atoms with E-state index in [4.69, 9.17) is 0 Å². The van der Waals surface area contributed by atoms with Crippen LogP contribution in [0.3, 0.4) is 0 Å². The highest BCUT2D eigenvalue weighted by Gasteiger charge is 2.24. The fourth-order valence-corrected chi connectivity index (χ4v) is 1.24. The Balaban J connectivity index is 0.000000184. The second-order valence-corrected chi connectivity index (χ2v) is 3.37. The number of ketones is 2. The van der Waals surface area contributed by atoms with Crippen LogP contribution in [0.15, 0.2) is 21.4 Å². The van der Waals surface area contributed by atoms with Gasteiger partial charge in [-0.3, -0.25) is 19.4 Å². The minimum atomic E-state index is -0.638. The summed E-state index contributed by atoms with van der Waals surface area (Å²) in [6.45, 7) is 0. The summed E-state index contributed by atoms with van der Waals surface area (Å²) >= 11 is 0. The Kier molecular flexibility index (Phi) is 4.65. The zero-order chi connectivity index (χ0) is 13.5. The molecule has 0 aromatic carbocycles. The largest absolute Gasteiger partial charge is 0.342 e. The number of rotatable bonds is 0. The molecule has 0 saturated heterocycles. The van der Waals surface area contributed by atoms with E-state index in [-0.39, 0.29) is 12.0 Å². The van der Waals surface area contributed by atoms with E-state index < -0.39 is 22.8 Å². The average Bonchev–Trinajstić information content (AvgIpc) is 2.33. The molecule has 1 aromatic rings. The second kappa shape index (κ2) is 6.21. The number of carbonyl (C=O) groups excluding carboxylic acids is 3. The standard InChI is InChI=1S/C7H6O3.C3H3N3O2/c8-4-5-2-1-3-6(9)7(5)10;7-2-1-4-6-3(8)5-2/h1-3H2;1H,(H2,5,6,7,8). The fraction of sp³-hybridized carbons (Fsp3) is 0.300. The van der Waals surface area contributed by atoms with Gasteiger partial charge in [0, 0.05) is 6.42 Å². The van der Waals surface area contributed by atoms with E-state index in [2.05, 4.69) is 5.10 Å². The van der Waals surface area contributed by atoms with Crippen LogP contribution in [0.25, 0.3) is 0 Å². The summed E-state index contributed by atoms with van der Waals surface area (Å²) in [5.41, 5.74) is -1.07. The number of aromatic nitrogens is 3. The van der Waals surface area contributed by atoms with Crippen molar-refractivity contribution in [1.29, 1.82) is 0 Å². The first kappa shape index (κ1) is 13.5. The smallest absolute Gasteiger partial charge is 0.290 e. The van der Waals surface area contributed by atoms with Crippen LogP contribution in [0.4, 0.5) is 0 Å². The van der Waals surface area contributed by atoms with Gasteiger partial charge < -0.3 is 0 Å². The number of nitrogens with zero attached hydrogens (tertiary/aromatic N) is 1. The zero-order valence-corrected chi connectivity index (χ0v) is 9.19. The predicted octanol–water partition coefficient (Wildman–Crippen LogP) is -1.48. The quantitative estimate of drug-likeness (QED) is 0.328. The number of hydrogen-bond acceptors (Lipinski definition) is 6. The maximum absolute atomic E-state index is 10.7. The first-order valence-electron chi connectivity index (χ1n) is 5.00. The Hall–Kier alpha value is -2.60. The number of hydrogen-bond donors (Lipinski definition) is 2. The summed E-state index contributed by atoms with van der Waals surface area (Å²) < 4.78 is 0. The van der Waals surface area contributed by atoms with Gasteiger partial charge in [0.15, 0.2) is 0 Å². The van der Waals surface area contributed by atoms with Crippen molar-refractivity contribution in [2.75, 3.05) is 0 Å². The molecule has 18 heavy (non-hydrogen) atoms. The van der Waals surface area contributed by atoms with Crippen molar-refractivity contribution < 1.29 is 14.4 Å². The van der Waals surface area contributed by atoms with Crippen molar-refractivity contribution >= 4 is 17.5 Å². The van der Waals surface area contributed by atoms with E-state index in [9.17, 15) is 24.0 Å². The summed E-state index contributed by atoms with van der Waals surface area (Å²) in [4.78, 5) is 53.5. The Bertz CT molecular complexity index is 595. The molecule has 2 rings (SSSR count). The van der Waals surface area contributed by atoms with Crippen LogP contribution in [0.1, 0.15) is 19.3 Å². The summed E-state index contributed by atoms with van der Waals surface area (Å²) in [6.07, 6.45) is 2.29. The van der Waals surface area contributed by atoms with E-state index in [1.807, 2.05) is 10.1 Å². The lowest BCUT2D eigenvalue weighted by atomic mass is 9.94. The minimum Gasteiger partial charge on any atom is -0.290 e. The number of aromatic amines is 2. The van der Waals surface area contributed by atoms with Crippen LogP contribution >= 0.6 is 0 Å². The van der Waals surface area contributed by atoms with E-state index >= 15 is 0 Å². The third-order valence-electron chi connectivity index (χ3n) is 2.07. The van der Waals surface area contributed by atoms with Crippen LogP contribution in [-0.4, -0.2) is 32.7 Å². The molecule has 1 aliphatic rings. The molecule has 1 aliphatic carbocycles. The molecule has 0 bridgehead atoms. The van der Waals surface area contributed by atoms with E-state index in [1.54, 1.807) is 0 Å². The lowest BCUT2D eigenvalue weighted by molar-refractivity contribution is -0.135. The van der Waals surface area contributed by atoms with Crippen molar-refractivity contribution in [1.82, 2.24) is 15.2 Å². The van der Waals surface area contributed by atoms with Gasteiger partial charge in [0.25, 0.3) is 5.56 Å². The molecule has 0 amide bonds. The minimum absolute atomic E-state index is 0.0104. The molecule has 0 unspecified atom stereocenters. The van der Waals surface area contributed by atoms with E-state index in [1.165, 1.54) is 5.94 Å². The monoisotopic (exact) mass is 251 g/mol. The van der Waals surface area contributed by atoms with Gasteiger partial charge in [0.1, 0.15) is 12.1 Å². The molecule has 8 heteroatoms. The van der Waals surface area contributed by atoms with Crippen LogP contribution < -0.4 is 11.2 Å². The Morgan fingerprint density at radius 3 is 2.33 bits per heavy atom. The molecule has 0 spiro atoms. The van der Waals surface area contributed by atoms with Crippen molar-refractivity contribution in [3.8, 4) is 0 Å². The SMILES string of the molecule is O=C=C1CCCC(=O)C1=O.O=c1cn[nH]c(=O)[nH]1. The number of allylic oxidation sites excluding steroid dienone is 1. The molecule has 1 heterocycles. The van der Waals surface area contributed by atoms with Crippen LogP contribution in [0, 0.1) is 0 Å². The van der Waals surface area contributed by atoms with Gasteiger partial charge in [-0.1, -0.05) is 0 Å². The second-order valence-electron chi connectivity index (χ2n) is 3.37. The van der Waals surface area contributed by atoms with Gasteiger partial charge >= 0.3 is 5.69 Å². The number of H-pyrrole nitrogens is 2. The van der Waals surface area contributed by atoms with E-state index in [0.717, 1.165) is 6.20 Å². The maximum Gasteiger partial charge on any atom is 0.342 e. The van der Waals surface area contributed by atoms with Gasteiger partial charge in [-0.2, -0.15) is 5.10 Å². The third kappa shape index (κ3) is 3.76. The number of carbonyl (C=O) groups is 2. The van der Waals surface area contributed by atoms with Crippen LogP contribution in [0.2, 0.25) is 0 Å². The van der Waals surface area contributed by atoms with Crippen molar-refractivity contribution in [2.45, 2.75) is 19.3 Å². The zero-order valence-electron chi connectivity index (χ0n) is 9.19. The van der Waals surface area contributed by atoms with Gasteiger partial charge in [-0.25, -0.2) is 14.7 Å². The molecule has 1 fully saturated rings. The lowest BCUT2D eigenvalue weighted by Gasteiger charge is -2.06. The van der Waals surface area contributed by atoms with Crippen molar-refractivity contribution in [3.63, 3.8) is 0 Å². The molecule has 0 atom stereocenters. The van der Waals surface area contributed by atoms with Crippen LogP contribution in [0.5, 0.6) is 0 Å². The van der Waals surface area contributed by atoms with Crippen molar-refractivity contribution in [3.05, 3.63) is 32.6 Å². The molecular formula is C10H9N3O5. The molecular weight excluding hydrogens is 242 g/mol. The average molecular weight is 251 g/mol. The number of Topliss-reactive ketones (excluding diaryl/α,β-unsaturated/α-hetero) is 2. The molecule has 0 aliphatic heterocycles. The highest BCUT2D eigenvalue weighted by Crippen LogP contribution is 2.13. The van der Waals surface area contributed by atoms with Gasteiger partial charge in [0.05, 0.1) is 5.57 Å². The van der Waals surface area contributed by atoms with Gasteiger partial charge in [-0.05, 0) is 12.8 Å². The first-order chi connectivity index (χ1) is 8.54. The Labute approximate surface area is 99.7 Å². The van der Waals surface area contributed by atoms with E-state index in [0.29, 0.717) is 12.8 Å². The molecule has 2 N–H and O–H groups in total. The predicted molar refractivity (Wildman–Crippen MR) is 58.5 cm³/mol. The van der Waals surface area contributed by atoms with Crippen molar-refractivity contribution in [2.24, 2.45) is 0 Å². The molecule has 0 radical (unpaired) electrons. The maximum atomic E-state index is 10.7. The highest BCUT2D eigenvalue weighted by atomic mass is 16.2. The number of nitrogens with one attached hydrogen (secondary N) is 2. The summed E-state index contributed by atoms with van der Waals surface area (Å²) in [7, 11) is 0. The Morgan fingerprint density at radius 2 is 1.89 bits per heavy atom. The topological polar surface area (TPSA) is 130 Å². The fourth-order valence-electron chi connectivity index (χ4n) is 1.24. The molecule has 8 nitrogen and oxygen atoms in total. The molecule has 94 valence electrons. The van der Waals surface area contributed by atoms with Gasteiger partial charge in [-0.15, -0.1) is 0 Å². The third-order valence-corrected chi connectivity index (χ3v) is 2.07. The summed E-state index contributed by atoms with van der Waals surface area (Å²) in [5.74, 6) is 0.389.